The number of hydrogen-bond donors (Lipinski definition) is 1. The topological polar surface area (TPSA) is 32.7 Å². The van der Waals surface area contributed by atoms with Crippen LogP contribution in [0.4, 0.5) is 0 Å². The van der Waals surface area contributed by atoms with E-state index in [2.05, 4.69) is 11.9 Å². The predicted octanol–water partition coefficient (Wildman–Crippen LogP) is 0.0879. The van der Waals surface area contributed by atoms with Crippen LogP contribution in [0.5, 0.6) is 0 Å². The Morgan fingerprint density at radius 2 is 2.45 bits per heavy atom. The number of likely N-dealkylation sites (N-methyl/N-ethyl adjacent to an activating group) is 1. The van der Waals surface area contributed by atoms with Crippen LogP contribution < -0.4 is 0 Å². The van der Waals surface area contributed by atoms with Gasteiger partial charge in [0, 0.05) is 13.1 Å². The van der Waals surface area contributed by atoms with E-state index in [1.165, 1.54) is 0 Å². The van der Waals surface area contributed by atoms with E-state index in [1.807, 2.05) is 6.92 Å². The Kier molecular flexibility index (Phi) is 3.30. The lowest BCUT2D eigenvalue weighted by Crippen LogP contribution is -2.25. The molecule has 1 saturated heterocycles. The van der Waals surface area contributed by atoms with Crippen molar-refractivity contribution >= 4 is 0 Å². The van der Waals surface area contributed by atoms with E-state index in [9.17, 15) is 0 Å². The minimum absolute atomic E-state index is 0.00787. The van der Waals surface area contributed by atoms with Crippen molar-refractivity contribution in [1.82, 2.24) is 4.90 Å². The normalized spacial score (nSPS) is 29.2. The summed E-state index contributed by atoms with van der Waals surface area (Å²) in [6.07, 6.45) is 1.43. The summed E-state index contributed by atoms with van der Waals surface area (Å²) in [6, 6.07) is 0. The van der Waals surface area contributed by atoms with Crippen molar-refractivity contribution in [3.8, 4) is 0 Å². The summed E-state index contributed by atoms with van der Waals surface area (Å²) >= 11 is 0. The molecular weight excluding hydrogens is 142 g/mol. The lowest BCUT2D eigenvalue weighted by Gasteiger charge is -2.16. The maximum Gasteiger partial charge on any atom is 0.0782 e. The monoisotopic (exact) mass is 159 g/mol. The third-order valence-corrected chi connectivity index (χ3v) is 2.03. The van der Waals surface area contributed by atoms with Crippen molar-refractivity contribution in [2.75, 3.05) is 26.7 Å². The van der Waals surface area contributed by atoms with Crippen molar-refractivity contribution < 1.29 is 9.84 Å². The number of aliphatic hydroxyl groups is 1. The first-order valence-electron chi connectivity index (χ1n) is 4.17. The van der Waals surface area contributed by atoms with E-state index in [1.54, 1.807) is 0 Å². The number of aliphatic hydroxyl groups excluding tert-OH is 1. The summed E-state index contributed by atoms with van der Waals surface area (Å²) < 4.78 is 5.54. The Morgan fingerprint density at radius 1 is 1.73 bits per heavy atom. The fraction of sp³-hybridized carbons (Fsp3) is 1.00. The molecule has 11 heavy (non-hydrogen) atoms. The van der Waals surface area contributed by atoms with Crippen LogP contribution in [-0.4, -0.2) is 49.0 Å². The Bertz CT molecular complexity index is 119. The molecule has 3 nitrogen and oxygen atoms in total. The van der Waals surface area contributed by atoms with Gasteiger partial charge in [-0.15, -0.1) is 0 Å². The molecule has 0 radical (unpaired) electrons. The van der Waals surface area contributed by atoms with Gasteiger partial charge >= 0.3 is 0 Å². The van der Waals surface area contributed by atoms with E-state index in [-0.39, 0.29) is 12.7 Å². The van der Waals surface area contributed by atoms with Crippen molar-refractivity contribution in [2.24, 2.45) is 0 Å². The summed E-state index contributed by atoms with van der Waals surface area (Å²) in [6.45, 7) is 4.14. The first-order valence-corrected chi connectivity index (χ1v) is 4.17. The maximum absolute atomic E-state index is 8.72. The summed E-state index contributed by atoms with van der Waals surface area (Å²) in [5, 5.41) is 8.72. The minimum atomic E-state index is -0.00787. The molecule has 2 unspecified atom stereocenters. The Hall–Kier alpha value is -0.120. The van der Waals surface area contributed by atoms with Crippen LogP contribution in [0.25, 0.3) is 0 Å². The maximum atomic E-state index is 8.72. The number of hydrogen-bond acceptors (Lipinski definition) is 3. The highest BCUT2D eigenvalue weighted by Crippen LogP contribution is 2.11. The zero-order chi connectivity index (χ0) is 8.27. The van der Waals surface area contributed by atoms with Crippen molar-refractivity contribution in [3.63, 3.8) is 0 Å². The van der Waals surface area contributed by atoms with Gasteiger partial charge in [0.1, 0.15) is 0 Å². The molecule has 0 spiro atoms. The summed E-state index contributed by atoms with van der Waals surface area (Å²) in [5.74, 6) is 0. The van der Waals surface area contributed by atoms with E-state index < -0.39 is 0 Å². The van der Waals surface area contributed by atoms with Gasteiger partial charge in [-0.2, -0.15) is 0 Å². The van der Waals surface area contributed by atoms with Crippen LogP contribution >= 0.6 is 0 Å². The van der Waals surface area contributed by atoms with E-state index in [4.69, 9.17) is 9.84 Å². The van der Waals surface area contributed by atoms with Gasteiger partial charge in [-0.05, 0) is 20.4 Å². The molecule has 1 aliphatic rings. The Balaban J connectivity index is 2.17. The third-order valence-electron chi connectivity index (χ3n) is 2.03. The van der Waals surface area contributed by atoms with Gasteiger partial charge in [0.25, 0.3) is 0 Å². The lowest BCUT2D eigenvalue weighted by molar-refractivity contribution is -0.0229. The zero-order valence-electron chi connectivity index (χ0n) is 7.29. The van der Waals surface area contributed by atoms with Gasteiger partial charge in [-0.25, -0.2) is 0 Å². The van der Waals surface area contributed by atoms with Crippen LogP contribution in [0.2, 0.25) is 0 Å². The molecule has 0 aromatic carbocycles. The molecule has 0 aromatic rings. The molecule has 0 amide bonds. The average Bonchev–Trinajstić information content (AvgIpc) is 2.35. The molecule has 1 aliphatic heterocycles. The summed E-state index contributed by atoms with van der Waals surface area (Å²) in [7, 11) is 2.09. The second kappa shape index (κ2) is 4.04. The zero-order valence-corrected chi connectivity index (χ0v) is 7.29. The smallest absolute Gasteiger partial charge is 0.0782 e. The molecule has 1 N–H and O–H groups in total. The van der Waals surface area contributed by atoms with Crippen molar-refractivity contribution in [1.29, 1.82) is 0 Å². The predicted molar refractivity (Wildman–Crippen MR) is 43.5 cm³/mol. The van der Waals surface area contributed by atoms with Crippen LogP contribution in [0.15, 0.2) is 0 Å². The van der Waals surface area contributed by atoms with Crippen LogP contribution in [0, 0.1) is 0 Å². The van der Waals surface area contributed by atoms with Gasteiger partial charge < -0.3 is 14.7 Å². The van der Waals surface area contributed by atoms with E-state index in [0.717, 1.165) is 19.5 Å². The SMILES string of the molecule is CC(CO)OC1CCN(C)C1. The molecule has 1 heterocycles. The number of likely N-dealkylation sites (tertiary alicyclic amines) is 1. The number of ether oxygens (including phenoxy) is 1. The quantitative estimate of drug-likeness (QED) is 0.633. The third kappa shape index (κ3) is 2.77. The Morgan fingerprint density at radius 3 is 2.91 bits per heavy atom. The summed E-state index contributed by atoms with van der Waals surface area (Å²) in [4.78, 5) is 2.24. The molecule has 1 rings (SSSR count). The Labute approximate surface area is 68.0 Å². The highest BCUT2D eigenvalue weighted by atomic mass is 16.5. The van der Waals surface area contributed by atoms with Gasteiger partial charge in [-0.3, -0.25) is 0 Å². The van der Waals surface area contributed by atoms with E-state index >= 15 is 0 Å². The van der Waals surface area contributed by atoms with E-state index in [0.29, 0.717) is 6.10 Å². The van der Waals surface area contributed by atoms with Gasteiger partial charge in [0.05, 0.1) is 18.8 Å². The number of rotatable bonds is 3. The minimum Gasteiger partial charge on any atom is -0.394 e. The molecule has 0 saturated carbocycles. The highest BCUT2D eigenvalue weighted by molar-refractivity contribution is 4.73. The lowest BCUT2D eigenvalue weighted by atomic mass is 10.3. The largest absolute Gasteiger partial charge is 0.394 e. The molecule has 0 bridgehead atoms. The summed E-state index contributed by atoms with van der Waals surface area (Å²) in [5.41, 5.74) is 0. The van der Waals surface area contributed by atoms with Crippen LogP contribution in [0.3, 0.4) is 0 Å². The number of nitrogens with zero attached hydrogens (tertiary/aromatic N) is 1. The molecule has 3 heteroatoms. The van der Waals surface area contributed by atoms with Gasteiger partial charge in [0.15, 0.2) is 0 Å². The fourth-order valence-corrected chi connectivity index (χ4v) is 1.38. The molecule has 0 aromatic heterocycles. The van der Waals surface area contributed by atoms with Gasteiger partial charge in [0.2, 0.25) is 0 Å². The first kappa shape index (κ1) is 8.97. The van der Waals surface area contributed by atoms with Crippen LogP contribution in [0.1, 0.15) is 13.3 Å². The first-order chi connectivity index (χ1) is 5.22. The fourth-order valence-electron chi connectivity index (χ4n) is 1.38. The highest BCUT2D eigenvalue weighted by Gasteiger charge is 2.21. The molecular formula is C8H17NO2. The average molecular weight is 159 g/mol. The molecule has 66 valence electrons. The van der Waals surface area contributed by atoms with Gasteiger partial charge in [-0.1, -0.05) is 0 Å². The molecule has 2 atom stereocenters. The van der Waals surface area contributed by atoms with Crippen LogP contribution in [-0.2, 0) is 4.74 Å². The second-order valence-corrected chi connectivity index (χ2v) is 3.30. The molecule has 1 fully saturated rings. The van der Waals surface area contributed by atoms with Crippen molar-refractivity contribution in [3.05, 3.63) is 0 Å². The standard InChI is InChI=1S/C8H17NO2/c1-7(6-10)11-8-3-4-9(2)5-8/h7-8,10H,3-6H2,1-2H3. The molecule has 0 aliphatic carbocycles. The van der Waals surface area contributed by atoms with Crippen molar-refractivity contribution in [2.45, 2.75) is 25.6 Å². The second-order valence-electron chi connectivity index (χ2n) is 3.30.